The Bertz CT molecular complexity index is 889. The van der Waals surface area contributed by atoms with E-state index in [9.17, 15) is 23.5 Å². The molecule has 1 fully saturated rings. The maximum Gasteiger partial charge on any atom is 0.288 e. The standard InChI is InChI=1S/C21H23F2N3O3S/c22-21(23)30-18-8-4-2-6-16(18)24-19(28)13-26-11-9-14(10-12-26)20(29)25-15-5-1-3-7-17(15)27/h1-8,14,21,27H,9-13H2,(H,24,28)(H,25,29). The molecule has 2 aromatic rings. The highest BCUT2D eigenvalue weighted by Gasteiger charge is 2.26. The van der Waals surface area contributed by atoms with Crippen LogP contribution in [-0.4, -0.2) is 47.2 Å². The summed E-state index contributed by atoms with van der Waals surface area (Å²) in [5.41, 5.74) is 0.745. The Morgan fingerprint density at radius 2 is 1.67 bits per heavy atom. The van der Waals surface area contributed by atoms with Crippen LogP contribution in [0.15, 0.2) is 53.4 Å². The predicted octanol–water partition coefficient (Wildman–Crippen LogP) is 4.00. The fourth-order valence-electron chi connectivity index (χ4n) is 3.33. The molecule has 2 aromatic carbocycles. The summed E-state index contributed by atoms with van der Waals surface area (Å²) in [6.07, 6.45) is 1.18. The number of rotatable bonds is 7. The first-order chi connectivity index (χ1) is 14.4. The third-order valence-corrected chi connectivity index (χ3v) is 5.65. The number of phenols is 1. The van der Waals surface area contributed by atoms with Gasteiger partial charge in [0.05, 0.1) is 17.9 Å². The number of anilines is 2. The van der Waals surface area contributed by atoms with Crippen molar-refractivity contribution in [2.24, 2.45) is 5.92 Å². The van der Waals surface area contributed by atoms with Crippen molar-refractivity contribution >= 4 is 35.0 Å². The van der Waals surface area contributed by atoms with E-state index >= 15 is 0 Å². The summed E-state index contributed by atoms with van der Waals surface area (Å²) in [6, 6.07) is 13.0. The van der Waals surface area contributed by atoms with E-state index in [0.29, 0.717) is 54.0 Å². The van der Waals surface area contributed by atoms with E-state index in [0.717, 1.165) is 0 Å². The molecule has 30 heavy (non-hydrogen) atoms. The fraction of sp³-hybridized carbons (Fsp3) is 0.333. The van der Waals surface area contributed by atoms with Crippen LogP contribution in [0.1, 0.15) is 12.8 Å². The highest BCUT2D eigenvalue weighted by atomic mass is 32.2. The number of nitrogens with zero attached hydrogens (tertiary/aromatic N) is 1. The van der Waals surface area contributed by atoms with Gasteiger partial charge in [0.1, 0.15) is 5.75 Å². The monoisotopic (exact) mass is 435 g/mol. The molecule has 1 aliphatic rings. The van der Waals surface area contributed by atoms with Crippen LogP contribution in [-0.2, 0) is 9.59 Å². The molecule has 2 amide bonds. The summed E-state index contributed by atoms with van der Waals surface area (Å²) < 4.78 is 25.3. The van der Waals surface area contributed by atoms with Gasteiger partial charge in [-0.15, -0.1) is 0 Å². The smallest absolute Gasteiger partial charge is 0.288 e. The number of hydrogen-bond acceptors (Lipinski definition) is 5. The molecule has 1 heterocycles. The summed E-state index contributed by atoms with van der Waals surface area (Å²) in [5, 5.41) is 15.2. The second kappa shape index (κ2) is 10.4. The average Bonchev–Trinajstić information content (AvgIpc) is 2.71. The van der Waals surface area contributed by atoms with Gasteiger partial charge in [0, 0.05) is 10.8 Å². The van der Waals surface area contributed by atoms with Crippen molar-refractivity contribution in [1.29, 1.82) is 0 Å². The van der Waals surface area contributed by atoms with E-state index in [1.165, 1.54) is 6.07 Å². The second-order valence-electron chi connectivity index (χ2n) is 6.98. The van der Waals surface area contributed by atoms with Gasteiger partial charge in [-0.2, -0.15) is 8.78 Å². The van der Waals surface area contributed by atoms with Crippen LogP contribution in [0, 0.1) is 5.92 Å². The minimum absolute atomic E-state index is 0.0187. The molecule has 3 N–H and O–H groups in total. The van der Waals surface area contributed by atoms with Crippen molar-refractivity contribution < 1.29 is 23.5 Å². The number of alkyl halides is 2. The molecule has 3 rings (SSSR count). The van der Waals surface area contributed by atoms with Gasteiger partial charge < -0.3 is 15.7 Å². The van der Waals surface area contributed by atoms with Gasteiger partial charge in [-0.3, -0.25) is 14.5 Å². The SMILES string of the molecule is O=C(CN1CCC(C(=O)Nc2ccccc2O)CC1)Nc1ccccc1SC(F)F. The highest BCUT2D eigenvalue weighted by Crippen LogP contribution is 2.31. The third kappa shape index (κ3) is 6.17. The van der Waals surface area contributed by atoms with Gasteiger partial charge in [0.25, 0.3) is 5.76 Å². The summed E-state index contributed by atoms with van der Waals surface area (Å²) in [4.78, 5) is 27.0. The zero-order valence-corrected chi connectivity index (χ0v) is 17.0. The van der Waals surface area contributed by atoms with E-state index in [-0.39, 0.29) is 30.0 Å². The number of aromatic hydroxyl groups is 1. The zero-order chi connectivity index (χ0) is 21.5. The van der Waals surface area contributed by atoms with E-state index in [1.807, 2.05) is 4.90 Å². The number of hydrogen-bond donors (Lipinski definition) is 3. The van der Waals surface area contributed by atoms with Crippen LogP contribution >= 0.6 is 11.8 Å². The number of carbonyl (C=O) groups is 2. The summed E-state index contributed by atoms with van der Waals surface area (Å²) in [7, 11) is 0. The van der Waals surface area contributed by atoms with E-state index in [1.54, 1.807) is 42.5 Å². The molecule has 0 atom stereocenters. The molecule has 0 radical (unpaired) electrons. The predicted molar refractivity (Wildman–Crippen MR) is 113 cm³/mol. The van der Waals surface area contributed by atoms with E-state index in [2.05, 4.69) is 10.6 Å². The number of likely N-dealkylation sites (tertiary alicyclic amines) is 1. The Hall–Kier alpha value is -2.65. The summed E-state index contributed by atoms with van der Waals surface area (Å²) in [5.74, 6) is -3.18. The highest BCUT2D eigenvalue weighted by molar-refractivity contribution is 7.99. The van der Waals surface area contributed by atoms with Gasteiger partial charge in [-0.1, -0.05) is 36.0 Å². The lowest BCUT2D eigenvalue weighted by Crippen LogP contribution is -2.41. The number of phenolic OH excluding ortho intramolecular Hbond substituents is 1. The molecule has 0 spiro atoms. The van der Waals surface area contributed by atoms with Gasteiger partial charge in [-0.25, -0.2) is 0 Å². The van der Waals surface area contributed by atoms with Crippen molar-refractivity contribution in [2.45, 2.75) is 23.5 Å². The largest absolute Gasteiger partial charge is 0.506 e. The Balaban J connectivity index is 1.47. The van der Waals surface area contributed by atoms with Crippen LogP contribution in [0.2, 0.25) is 0 Å². The van der Waals surface area contributed by atoms with Gasteiger partial charge in [0.15, 0.2) is 0 Å². The first-order valence-corrected chi connectivity index (χ1v) is 10.4. The Labute approximate surface area is 177 Å². The number of nitrogens with one attached hydrogen (secondary N) is 2. The van der Waals surface area contributed by atoms with Crippen LogP contribution < -0.4 is 10.6 Å². The summed E-state index contributed by atoms with van der Waals surface area (Å²) >= 11 is 0.394. The van der Waals surface area contributed by atoms with Gasteiger partial charge in [-0.05, 0) is 50.2 Å². The normalized spacial score (nSPS) is 15.2. The molecule has 0 aliphatic carbocycles. The lowest BCUT2D eigenvalue weighted by atomic mass is 9.95. The molecule has 1 aliphatic heterocycles. The first-order valence-electron chi connectivity index (χ1n) is 9.57. The number of amides is 2. The number of thioether (sulfide) groups is 1. The molecule has 0 unspecified atom stereocenters. The van der Waals surface area contributed by atoms with Crippen LogP contribution in [0.4, 0.5) is 20.2 Å². The third-order valence-electron chi connectivity index (χ3n) is 4.86. The maximum absolute atomic E-state index is 12.7. The molecule has 0 aromatic heterocycles. The zero-order valence-electron chi connectivity index (χ0n) is 16.2. The number of benzene rings is 2. The quantitative estimate of drug-likeness (QED) is 0.453. The lowest BCUT2D eigenvalue weighted by molar-refractivity contribution is -0.121. The maximum atomic E-state index is 12.7. The molecule has 1 saturated heterocycles. The Morgan fingerprint density at radius 1 is 1.03 bits per heavy atom. The molecule has 6 nitrogen and oxygen atoms in total. The second-order valence-corrected chi connectivity index (χ2v) is 8.01. The number of para-hydroxylation sites is 3. The van der Waals surface area contributed by atoms with Crippen molar-refractivity contribution in [3.05, 3.63) is 48.5 Å². The van der Waals surface area contributed by atoms with Crippen LogP contribution in [0.3, 0.4) is 0 Å². The topological polar surface area (TPSA) is 81.7 Å². The van der Waals surface area contributed by atoms with Crippen molar-refractivity contribution in [3.63, 3.8) is 0 Å². The lowest BCUT2D eigenvalue weighted by Gasteiger charge is -2.30. The molecule has 160 valence electrons. The van der Waals surface area contributed by atoms with Crippen LogP contribution in [0.5, 0.6) is 5.75 Å². The van der Waals surface area contributed by atoms with Gasteiger partial charge >= 0.3 is 0 Å². The van der Waals surface area contributed by atoms with Gasteiger partial charge in [0.2, 0.25) is 11.8 Å². The Morgan fingerprint density at radius 3 is 2.33 bits per heavy atom. The first kappa shape index (κ1) is 22.0. The number of halogens is 2. The molecule has 9 heteroatoms. The molecular weight excluding hydrogens is 412 g/mol. The van der Waals surface area contributed by atoms with E-state index < -0.39 is 5.76 Å². The minimum Gasteiger partial charge on any atom is -0.506 e. The average molecular weight is 435 g/mol. The summed E-state index contributed by atoms with van der Waals surface area (Å²) in [6.45, 7) is 1.26. The molecule has 0 saturated carbocycles. The molecule has 0 bridgehead atoms. The van der Waals surface area contributed by atoms with Crippen LogP contribution in [0.25, 0.3) is 0 Å². The molecular formula is C21H23F2N3O3S. The fourth-order valence-corrected chi connectivity index (χ4v) is 3.92. The van der Waals surface area contributed by atoms with Crippen molar-refractivity contribution in [1.82, 2.24) is 4.90 Å². The Kier molecular flexibility index (Phi) is 7.64. The van der Waals surface area contributed by atoms with Crippen molar-refractivity contribution in [3.8, 4) is 5.75 Å². The van der Waals surface area contributed by atoms with E-state index in [4.69, 9.17) is 0 Å². The van der Waals surface area contributed by atoms with Crippen molar-refractivity contribution in [2.75, 3.05) is 30.3 Å². The minimum atomic E-state index is -2.56. The number of piperidine rings is 1. The number of carbonyl (C=O) groups excluding carboxylic acids is 2.